The Kier molecular flexibility index (Phi) is 41.2. The molecule has 0 aromatic heterocycles. The predicted octanol–water partition coefficient (Wildman–Crippen LogP) is 0.438. The zero-order valence-corrected chi connectivity index (χ0v) is 16.4. The highest BCUT2D eigenvalue weighted by Gasteiger charge is 2.06. The van der Waals surface area contributed by atoms with E-state index in [1.54, 1.807) is 6.92 Å². The third-order valence-electron chi connectivity index (χ3n) is 3.31. The number of nitrogens with one attached hydrogen (secondary N) is 3. The van der Waals surface area contributed by atoms with Crippen molar-refractivity contribution in [3.8, 4) is 0 Å². The van der Waals surface area contributed by atoms with E-state index in [9.17, 15) is 5.11 Å². The zero-order valence-electron chi connectivity index (χ0n) is 16.4. The van der Waals surface area contributed by atoms with Gasteiger partial charge in [-0.05, 0) is 13.8 Å². The van der Waals surface area contributed by atoms with Crippen molar-refractivity contribution in [1.82, 2.24) is 16.0 Å². The highest BCUT2D eigenvalue weighted by atomic mass is 16.6. The minimum atomic E-state index is -0.533. The van der Waals surface area contributed by atoms with Crippen molar-refractivity contribution in [3.63, 3.8) is 0 Å². The van der Waals surface area contributed by atoms with Crippen LogP contribution in [-0.2, 0) is 14.2 Å². The van der Waals surface area contributed by atoms with Gasteiger partial charge in [0.2, 0.25) is 0 Å². The summed E-state index contributed by atoms with van der Waals surface area (Å²) in [5.74, 6) is 0. The molecule has 0 aromatic rings. The average molecular weight is 445 g/mol. The van der Waals surface area contributed by atoms with Crippen molar-refractivity contribution in [2.75, 3.05) is 78.8 Å². The van der Waals surface area contributed by atoms with E-state index in [1.807, 2.05) is 6.92 Å². The van der Waals surface area contributed by atoms with Gasteiger partial charge in [-0.25, -0.2) is 0 Å². The van der Waals surface area contributed by atoms with Crippen LogP contribution in [0.25, 0.3) is 0 Å². The topological polar surface area (TPSA) is 130 Å². The fourth-order valence-corrected chi connectivity index (χ4v) is 1.97. The van der Waals surface area contributed by atoms with E-state index < -0.39 is 12.2 Å². The van der Waals surface area contributed by atoms with E-state index in [4.69, 9.17) is 25.1 Å². The maximum Gasteiger partial charge on any atom is 0.0897 e. The third-order valence-corrected chi connectivity index (χ3v) is 3.31. The first-order valence-electron chi connectivity index (χ1n) is 9.51. The molecule has 30 heavy (non-hydrogen) atoms. The van der Waals surface area contributed by atoms with E-state index in [1.165, 1.54) is 0 Å². The fraction of sp³-hybridized carbons (Fsp3) is 1.00. The number of hydrogen-bond donors (Lipinski definition) is 6. The molecule has 7 N–H and O–H groups in total. The Morgan fingerprint density at radius 2 is 1.23 bits per heavy atom. The highest BCUT2D eigenvalue weighted by Crippen LogP contribution is 1.94. The standard InChI is InChI=1S/C17H40N4O5.4CH4/c1-15(22)12-26-16(2)13-24-9-10-25-14-17(23)11-21-8-7-20-6-5-19-4-3-18;;;;/h15-17,19-23H,3-14,18H2,1-2H3;4*1H4. The molecule has 0 aromatic carbocycles. The lowest BCUT2D eigenvalue weighted by Crippen LogP contribution is -2.37. The first-order valence-corrected chi connectivity index (χ1v) is 9.51. The number of rotatable bonds is 20. The van der Waals surface area contributed by atoms with Crippen LogP contribution in [0, 0.1) is 0 Å². The molecule has 190 valence electrons. The lowest BCUT2D eigenvalue weighted by atomic mass is 10.4. The second-order valence-corrected chi connectivity index (χ2v) is 6.29. The number of ether oxygens (including phenoxy) is 3. The van der Waals surface area contributed by atoms with Gasteiger partial charge in [-0.15, -0.1) is 0 Å². The molecule has 0 aliphatic carbocycles. The van der Waals surface area contributed by atoms with Crippen LogP contribution in [0.4, 0.5) is 0 Å². The molecule has 0 aliphatic rings. The molecule has 0 saturated heterocycles. The predicted molar refractivity (Wildman–Crippen MR) is 129 cm³/mol. The summed E-state index contributed by atoms with van der Waals surface area (Å²) >= 11 is 0. The summed E-state index contributed by atoms with van der Waals surface area (Å²) in [7, 11) is 0. The molecule has 0 saturated carbocycles. The molecule has 0 aliphatic heterocycles. The second-order valence-electron chi connectivity index (χ2n) is 6.29. The Morgan fingerprint density at radius 1 is 0.733 bits per heavy atom. The number of aliphatic hydroxyl groups excluding tert-OH is 2. The summed E-state index contributed by atoms with van der Waals surface area (Å²) in [6, 6.07) is 0. The molecule has 0 spiro atoms. The average Bonchev–Trinajstić information content (AvgIpc) is 2.61. The molecule has 0 rings (SSSR count). The molecule has 3 atom stereocenters. The molecule has 0 bridgehead atoms. The monoisotopic (exact) mass is 444 g/mol. The van der Waals surface area contributed by atoms with E-state index in [-0.39, 0.29) is 42.4 Å². The normalized spacial score (nSPS) is 13.1. The van der Waals surface area contributed by atoms with Crippen LogP contribution in [0.5, 0.6) is 0 Å². The Hall–Kier alpha value is -0.360. The molecule has 0 heterocycles. The second kappa shape index (κ2) is 30.8. The largest absolute Gasteiger partial charge is 0.391 e. The summed E-state index contributed by atoms with van der Waals surface area (Å²) in [5, 5.41) is 28.6. The lowest BCUT2D eigenvalue weighted by Gasteiger charge is -2.15. The summed E-state index contributed by atoms with van der Waals surface area (Å²) in [4.78, 5) is 0. The van der Waals surface area contributed by atoms with E-state index in [0.29, 0.717) is 39.5 Å². The molecule has 0 fully saturated rings. The molecule has 0 amide bonds. The van der Waals surface area contributed by atoms with Gasteiger partial charge < -0.3 is 46.1 Å². The van der Waals surface area contributed by atoms with Crippen molar-refractivity contribution >= 4 is 0 Å². The van der Waals surface area contributed by atoms with Crippen molar-refractivity contribution in [2.45, 2.75) is 61.9 Å². The summed E-state index contributed by atoms with van der Waals surface area (Å²) in [6.45, 7) is 10.9. The highest BCUT2D eigenvalue weighted by molar-refractivity contribution is 4.60. The lowest BCUT2D eigenvalue weighted by molar-refractivity contribution is -0.0504. The molecular formula is C21H56N4O5. The van der Waals surface area contributed by atoms with Crippen molar-refractivity contribution in [3.05, 3.63) is 0 Å². The van der Waals surface area contributed by atoms with E-state index in [2.05, 4.69) is 16.0 Å². The van der Waals surface area contributed by atoms with Crippen LogP contribution in [0.1, 0.15) is 43.6 Å². The number of hydrogen-bond acceptors (Lipinski definition) is 9. The maximum absolute atomic E-state index is 9.80. The molecule has 0 radical (unpaired) electrons. The molecule has 9 nitrogen and oxygen atoms in total. The summed E-state index contributed by atoms with van der Waals surface area (Å²) < 4.78 is 16.2. The van der Waals surface area contributed by atoms with Crippen LogP contribution in [-0.4, -0.2) is 107 Å². The van der Waals surface area contributed by atoms with Gasteiger partial charge in [0.05, 0.1) is 51.3 Å². The van der Waals surface area contributed by atoms with E-state index >= 15 is 0 Å². The smallest absolute Gasteiger partial charge is 0.0897 e. The third kappa shape index (κ3) is 32.3. The van der Waals surface area contributed by atoms with Gasteiger partial charge >= 0.3 is 0 Å². The number of aliphatic hydroxyl groups is 2. The van der Waals surface area contributed by atoms with Crippen molar-refractivity contribution in [2.24, 2.45) is 5.73 Å². The minimum Gasteiger partial charge on any atom is -0.391 e. The summed E-state index contributed by atoms with van der Waals surface area (Å²) in [6.07, 6.45) is -1.07. The Balaban J connectivity index is -0.000000521. The zero-order chi connectivity index (χ0) is 19.5. The van der Waals surface area contributed by atoms with Gasteiger partial charge in [0.15, 0.2) is 0 Å². The first-order chi connectivity index (χ1) is 12.6. The molecule has 3 unspecified atom stereocenters. The Labute approximate surface area is 187 Å². The van der Waals surface area contributed by atoms with Gasteiger partial charge in [0.1, 0.15) is 0 Å². The Morgan fingerprint density at radius 3 is 1.77 bits per heavy atom. The van der Waals surface area contributed by atoms with Gasteiger partial charge in [-0.3, -0.25) is 0 Å². The van der Waals surface area contributed by atoms with Crippen LogP contribution in [0.2, 0.25) is 0 Å². The van der Waals surface area contributed by atoms with Gasteiger partial charge in [-0.2, -0.15) is 0 Å². The van der Waals surface area contributed by atoms with Crippen LogP contribution in [0.15, 0.2) is 0 Å². The van der Waals surface area contributed by atoms with Gasteiger partial charge in [0.25, 0.3) is 0 Å². The molecule has 9 heteroatoms. The minimum absolute atomic E-state index is 0. The summed E-state index contributed by atoms with van der Waals surface area (Å²) in [5.41, 5.74) is 5.38. The van der Waals surface area contributed by atoms with E-state index in [0.717, 1.165) is 32.7 Å². The van der Waals surface area contributed by atoms with Crippen LogP contribution in [0.3, 0.4) is 0 Å². The van der Waals surface area contributed by atoms with Crippen molar-refractivity contribution in [1.29, 1.82) is 0 Å². The SMILES string of the molecule is C.C.C.C.CC(O)COC(C)COCCOCC(O)CNCCNCCNCCN. The fourth-order valence-electron chi connectivity index (χ4n) is 1.97. The molecular weight excluding hydrogens is 388 g/mol. The first kappa shape index (κ1) is 40.0. The van der Waals surface area contributed by atoms with Crippen LogP contribution >= 0.6 is 0 Å². The quantitative estimate of drug-likeness (QED) is 0.148. The number of nitrogens with two attached hydrogens (primary N) is 1. The van der Waals surface area contributed by atoms with Gasteiger partial charge in [-0.1, -0.05) is 29.7 Å². The Bertz CT molecular complexity index is 290. The van der Waals surface area contributed by atoms with Gasteiger partial charge in [0, 0.05) is 45.8 Å². The van der Waals surface area contributed by atoms with Crippen molar-refractivity contribution < 1.29 is 24.4 Å². The van der Waals surface area contributed by atoms with Crippen LogP contribution < -0.4 is 21.7 Å². The maximum atomic E-state index is 9.80.